The van der Waals surface area contributed by atoms with Gasteiger partial charge in [-0.2, -0.15) is 5.26 Å². The van der Waals surface area contributed by atoms with Gasteiger partial charge in [0.15, 0.2) is 0 Å². The molecule has 0 spiro atoms. The monoisotopic (exact) mass is 257 g/mol. The van der Waals surface area contributed by atoms with Gasteiger partial charge in [-0.3, -0.25) is 0 Å². The maximum absolute atomic E-state index is 8.99. The van der Waals surface area contributed by atoms with Crippen molar-refractivity contribution in [2.75, 3.05) is 5.32 Å². The molecule has 0 bridgehead atoms. The Kier molecular flexibility index (Phi) is 3.81. The summed E-state index contributed by atoms with van der Waals surface area (Å²) in [4.78, 5) is 4.17. The number of hydrogen-bond acceptors (Lipinski definition) is 3. The second kappa shape index (κ2) is 5.52. The summed E-state index contributed by atoms with van der Waals surface area (Å²) in [5.41, 5.74) is 1.59. The second-order valence-electron chi connectivity index (χ2n) is 3.93. The van der Waals surface area contributed by atoms with Crippen molar-refractivity contribution in [2.45, 2.75) is 13.0 Å². The molecular formula is C14H12ClN3. The van der Waals surface area contributed by atoms with Crippen LogP contribution in [0, 0.1) is 11.3 Å². The summed E-state index contributed by atoms with van der Waals surface area (Å²) in [5.74, 6) is 0.590. The summed E-state index contributed by atoms with van der Waals surface area (Å²) < 4.78 is 0. The first-order valence-electron chi connectivity index (χ1n) is 5.58. The molecular weight excluding hydrogens is 246 g/mol. The quantitative estimate of drug-likeness (QED) is 0.910. The van der Waals surface area contributed by atoms with Crippen molar-refractivity contribution in [1.29, 1.82) is 5.26 Å². The molecule has 0 unspecified atom stereocenters. The molecule has 0 radical (unpaired) electrons. The Morgan fingerprint density at radius 3 is 2.89 bits per heavy atom. The lowest BCUT2D eigenvalue weighted by Gasteiger charge is -2.15. The number of rotatable bonds is 3. The number of benzene rings is 1. The maximum Gasteiger partial charge on any atom is 0.144 e. The van der Waals surface area contributed by atoms with Gasteiger partial charge in [0.2, 0.25) is 0 Å². The van der Waals surface area contributed by atoms with Gasteiger partial charge in [-0.15, -0.1) is 0 Å². The molecule has 0 aliphatic rings. The first-order chi connectivity index (χ1) is 8.70. The van der Waals surface area contributed by atoms with Crippen LogP contribution in [0.2, 0.25) is 5.02 Å². The van der Waals surface area contributed by atoms with Crippen LogP contribution in [-0.4, -0.2) is 4.98 Å². The van der Waals surface area contributed by atoms with Crippen LogP contribution < -0.4 is 5.32 Å². The number of nitrogens with zero attached hydrogens (tertiary/aromatic N) is 2. The molecule has 0 saturated heterocycles. The number of anilines is 1. The molecule has 1 aromatic heterocycles. The molecule has 4 heteroatoms. The molecule has 1 N–H and O–H groups in total. The van der Waals surface area contributed by atoms with Crippen molar-refractivity contribution in [3.05, 3.63) is 58.7 Å². The Hall–Kier alpha value is -2.05. The fourth-order valence-electron chi connectivity index (χ4n) is 1.67. The number of pyridine rings is 1. The summed E-state index contributed by atoms with van der Waals surface area (Å²) in [7, 11) is 0. The lowest BCUT2D eigenvalue weighted by Crippen LogP contribution is -2.09. The zero-order chi connectivity index (χ0) is 13.0. The topological polar surface area (TPSA) is 48.7 Å². The third-order valence-electron chi connectivity index (χ3n) is 2.63. The molecule has 2 aromatic rings. The van der Waals surface area contributed by atoms with Crippen LogP contribution in [0.1, 0.15) is 24.1 Å². The first kappa shape index (κ1) is 12.4. The predicted octanol–water partition coefficient (Wildman–Crippen LogP) is 3.78. The van der Waals surface area contributed by atoms with Gasteiger partial charge in [0, 0.05) is 11.2 Å². The third kappa shape index (κ3) is 2.79. The van der Waals surface area contributed by atoms with E-state index in [1.54, 1.807) is 18.3 Å². The molecule has 3 nitrogen and oxygen atoms in total. The third-order valence-corrected chi connectivity index (χ3v) is 2.87. The van der Waals surface area contributed by atoms with E-state index in [-0.39, 0.29) is 6.04 Å². The van der Waals surface area contributed by atoms with E-state index in [1.165, 1.54) is 0 Å². The van der Waals surface area contributed by atoms with E-state index in [2.05, 4.69) is 16.4 Å². The summed E-state index contributed by atoms with van der Waals surface area (Å²) in [6.45, 7) is 2.00. The Morgan fingerprint density at radius 1 is 1.33 bits per heavy atom. The van der Waals surface area contributed by atoms with Gasteiger partial charge in [0.05, 0.1) is 11.6 Å². The van der Waals surface area contributed by atoms with E-state index in [4.69, 9.17) is 16.9 Å². The minimum atomic E-state index is 0.0331. The Labute approximate surface area is 111 Å². The minimum absolute atomic E-state index is 0.0331. The zero-order valence-electron chi connectivity index (χ0n) is 9.89. The van der Waals surface area contributed by atoms with Gasteiger partial charge in [0.1, 0.15) is 11.9 Å². The highest BCUT2D eigenvalue weighted by molar-refractivity contribution is 6.30. The van der Waals surface area contributed by atoms with Crippen LogP contribution >= 0.6 is 11.6 Å². The minimum Gasteiger partial charge on any atom is -0.362 e. The van der Waals surface area contributed by atoms with Crippen molar-refractivity contribution in [2.24, 2.45) is 0 Å². The van der Waals surface area contributed by atoms with Crippen LogP contribution in [0.15, 0.2) is 42.6 Å². The molecule has 90 valence electrons. The van der Waals surface area contributed by atoms with Crippen LogP contribution in [0.25, 0.3) is 0 Å². The van der Waals surface area contributed by atoms with E-state index >= 15 is 0 Å². The smallest absolute Gasteiger partial charge is 0.144 e. The fraction of sp³-hybridized carbons (Fsp3) is 0.143. The maximum atomic E-state index is 8.99. The summed E-state index contributed by atoms with van der Waals surface area (Å²) in [5, 5.41) is 12.9. The van der Waals surface area contributed by atoms with Crippen molar-refractivity contribution >= 4 is 17.4 Å². The molecule has 0 aliphatic carbocycles. The predicted molar refractivity (Wildman–Crippen MR) is 72.4 cm³/mol. The second-order valence-corrected chi connectivity index (χ2v) is 4.37. The summed E-state index contributed by atoms with van der Waals surface area (Å²) in [6.07, 6.45) is 1.66. The molecule has 0 fully saturated rings. The zero-order valence-corrected chi connectivity index (χ0v) is 10.6. The first-order valence-corrected chi connectivity index (χ1v) is 5.95. The number of nitriles is 1. The lowest BCUT2D eigenvalue weighted by molar-refractivity contribution is 0.873. The van der Waals surface area contributed by atoms with E-state index in [0.29, 0.717) is 16.4 Å². The molecule has 1 heterocycles. The largest absolute Gasteiger partial charge is 0.362 e. The van der Waals surface area contributed by atoms with Crippen molar-refractivity contribution in [1.82, 2.24) is 4.98 Å². The highest BCUT2D eigenvalue weighted by Crippen LogP contribution is 2.22. The number of nitrogens with one attached hydrogen (secondary N) is 1. The molecule has 0 saturated carbocycles. The molecule has 1 aromatic carbocycles. The summed E-state index contributed by atoms with van der Waals surface area (Å²) in [6, 6.07) is 13.2. The average molecular weight is 258 g/mol. The van der Waals surface area contributed by atoms with Crippen LogP contribution in [0.4, 0.5) is 5.82 Å². The number of hydrogen-bond donors (Lipinski definition) is 1. The van der Waals surface area contributed by atoms with Gasteiger partial charge in [-0.25, -0.2) is 4.98 Å². The van der Waals surface area contributed by atoms with Crippen LogP contribution in [-0.2, 0) is 0 Å². The fourth-order valence-corrected chi connectivity index (χ4v) is 1.87. The van der Waals surface area contributed by atoms with E-state index in [9.17, 15) is 0 Å². The SMILES string of the molecule is C[C@H](Nc1ncccc1C#N)c1cccc(Cl)c1. The van der Waals surface area contributed by atoms with Crippen LogP contribution in [0.3, 0.4) is 0 Å². The van der Waals surface area contributed by atoms with Crippen LogP contribution in [0.5, 0.6) is 0 Å². The van der Waals surface area contributed by atoms with Gasteiger partial charge in [-0.1, -0.05) is 23.7 Å². The van der Waals surface area contributed by atoms with E-state index in [1.807, 2.05) is 31.2 Å². The summed E-state index contributed by atoms with van der Waals surface area (Å²) >= 11 is 5.95. The normalized spacial score (nSPS) is 11.6. The van der Waals surface area contributed by atoms with E-state index in [0.717, 1.165) is 5.56 Å². The standard InChI is InChI=1S/C14H12ClN3/c1-10(11-4-2-6-13(15)8-11)18-14-12(9-16)5-3-7-17-14/h2-8,10H,1H3,(H,17,18)/t10-/m0/s1. The Bertz CT molecular complexity index is 590. The molecule has 2 rings (SSSR count). The highest BCUT2D eigenvalue weighted by atomic mass is 35.5. The molecule has 18 heavy (non-hydrogen) atoms. The van der Waals surface area contributed by atoms with E-state index < -0.39 is 0 Å². The highest BCUT2D eigenvalue weighted by Gasteiger charge is 2.09. The van der Waals surface area contributed by atoms with Gasteiger partial charge >= 0.3 is 0 Å². The Balaban J connectivity index is 2.22. The lowest BCUT2D eigenvalue weighted by atomic mass is 10.1. The molecule has 1 atom stereocenters. The molecule has 0 amide bonds. The van der Waals surface area contributed by atoms with Gasteiger partial charge in [0.25, 0.3) is 0 Å². The van der Waals surface area contributed by atoms with Crippen molar-refractivity contribution < 1.29 is 0 Å². The Morgan fingerprint density at radius 2 is 2.17 bits per heavy atom. The van der Waals surface area contributed by atoms with Crippen molar-refractivity contribution in [3.8, 4) is 6.07 Å². The van der Waals surface area contributed by atoms with Crippen molar-refractivity contribution in [3.63, 3.8) is 0 Å². The molecule has 0 aliphatic heterocycles. The average Bonchev–Trinajstić information content (AvgIpc) is 2.39. The number of aromatic nitrogens is 1. The number of halogens is 1. The van der Waals surface area contributed by atoms with Gasteiger partial charge < -0.3 is 5.32 Å². The van der Waals surface area contributed by atoms with Gasteiger partial charge in [-0.05, 0) is 36.8 Å².